The monoisotopic (exact) mass is 305 g/mol. The number of ether oxygens (including phenoxy) is 1. The van der Waals surface area contributed by atoms with Gasteiger partial charge in [0.1, 0.15) is 5.75 Å². The number of hydrogen-bond acceptors (Lipinski definition) is 4. The van der Waals surface area contributed by atoms with Crippen LogP contribution < -0.4 is 15.8 Å². The molecule has 1 atom stereocenters. The van der Waals surface area contributed by atoms with Crippen LogP contribution in [0.1, 0.15) is 18.4 Å². The molecule has 0 radical (unpaired) electrons. The fourth-order valence-corrected chi connectivity index (χ4v) is 2.74. The van der Waals surface area contributed by atoms with Crippen molar-refractivity contribution in [2.75, 3.05) is 32.1 Å². The minimum Gasteiger partial charge on any atom is -0.495 e. The highest BCUT2D eigenvalue weighted by Gasteiger charge is 2.25. The first-order valence-electron chi connectivity index (χ1n) is 7.45. The predicted octanol–water partition coefficient (Wildman–Crippen LogP) is 1.14. The quantitative estimate of drug-likeness (QED) is 0.854. The Hall–Kier alpha value is -2.08. The SMILES string of the molecule is COc1ccc(C)cc1NC(=O)CN1CCC[C@H](C(N)=O)C1. The molecule has 120 valence electrons. The molecular weight excluding hydrogens is 282 g/mol. The summed E-state index contributed by atoms with van der Waals surface area (Å²) < 4.78 is 5.25. The van der Waals surface area contributed by atoms with Gasteiger partial charge in [0.25, 0.3) is 0 Å². The molecule has 0 bridgehead atoms. The molecule has 0 spiro atoms. The van der Waals surface area contributed by atoms with Gasteiger partial charge >= 0.3 is 0 Å². The maximum atomic E-state index is 12.2. The highest BCUT2D eigenvalue weighted by molar-refractivity contribution is 5.93. The van der Waals surface area contributed by atoms with E-state index < -0.39 is 0 Å². The lowest BCUT2D eigenvalue weighted by Crippen LogP contribution is -2.44. The lowest BCUT2D eigenvalue weighted by molar-refractivity contribution is -0.125. The molecule has 1 aromatic carbocycles. The molecule has 22 heavy (non-hydrogen) atoms. The minimum absolute atomic E-state index is 0.117. The zero-order valence-electron chi connectivity index (χ0n) is 13.1. The number of primary amides is 1. The number of carbonyl (C=O) groups is 2. The van der Waals surface area contributed by atoms with Crippen molar-refractivity contribution in [3.63, 3.8) is 0 Å². The average molecular weight is 305 g/mol. The van der Waals surface area contributed by atoms with Gasteiger partial charge in [-0.15, -0.1) is 0 Å². The number of nitrogens with zero attached hydrogens (tertiary/aromatic N) is 1. The highest BCUT2D eigenvalue weighted by Crippen LogP contribution is 2.25. The van der Waals surface area contributed by atoms with Crippen LogP contribution in [-0.4, -0.2) is 43.5 Å². The number of aryl methyl sites for hydroxylation is 1. The van der Waals surface area contributed by atoms with Crippen LogP contribution in [-0.2, 0) is 9.59 Å². The van der Waals surface area contributed by atoms with E-state index in [4.69, 9.17) is 10.5 Å². The molecule has 0 aliphatic carbocycles. The Morgan fingerprint density at radius 1 is 1.45 bits per heavy atom. The Labute approximate surface area is 130 Å². The Morgan fingerprint density at radius 2 is 2.23 bits per heavy atom. The van der Waals surface area contributed by atoms with Gasteiger partial charge in [0, 0.05) is 6.54 Å². The topological polar surface area (TPSA) is 84.7 Å². The third-order valence-electron chi connectivity index (χ3n) is 3.90. The lowest BCUT2D eigenvalue weighted by atomic mass is 9.97. The number of hydrogen-bond donors (Lipinski definition) is 2. The van der Waals surface area contributed by atoms with Gasteiger partial charge in [-0.1, -0.05) is 6.07 Å². The summed E-state index contributed by atoms with van der Waals surface area (Å²) in [5.74, 6) is 0.0714. The first-order chi connectivity index (χ1) is 10.5. The van der Waals surface area contributed by atoms with Gasteiger partial charge in [-0.2, -0.15) is 0 Å². The molecule has 1 aliphatic rings. The van der Waals surface area contributed by atoms with Crippen LogP contribution in [0.15, 0.2) is 18.2 Å². The molecule has 1 saturated heterocycles. The summed E-state index contributed by atoms with van der Waals surface area (Å²) in [6.07, 6.45) is 1.69. The fourth-order valence-electron chi connectivity index (χ4n) is 2.74. The van der Waals surface area contributed by atoms with E-state index in [1.54, 1.807) is 7.11 Å². The molecule has 1 aliphatic heterocycles. The normalized spacial score (nSPS) is 18.7. The maximum Gasteiger partial charge on any atom is 0.238 e. The summed E-state index contributed by atoms with van der Waals surface area (Å²) >= 11 is 0. The number of methoxy groups -OCH3 is 1. The van der Waals surface area contributed by atoms with E-state index in [1.165, 1.54) is 0 Å². The number of likely N-dealkylation sites (tertiary alicyclic amines) is 1. The summed E-state index contributed by atoms with van der Waals surface area (Å²) in [7, 11) is 1.57. The van der Waals surface area contributed by atoms with Gasteiger partial charge in [0.05, 0.1) is 25.3 Å². The first-order valence-corrected chi connectivity index (χ1v) is 7.45. The largest absolute Gasteiger partial charge is 0.495 e. The van der Waals surface area contributed by atoms with Crippen LogP contribution >= 0.6 is 0 Å². The van der Waals surface area contributed by atoms with Crippen molar-refractivity contribution in [3.8, 4) is 5.75 Å². The van der Waals surface area contributed by atoms with E-state index in [0.717, 1.165) is 24.9 Å². The molecule has 3 N–H and O–H groups in total. The molecular formula is C16H23N3O3. The molecule has 1 fully saturated rings. The summed E-state index contributed by atoms with van der Waals surface area (Å²) in [5.41, 5.74) is 7.06. The number of anilines is 1. The van der Waals surface area contributed by atoms with Crippen molar-refractivity contribution in [2.24, 2.45) is 11.7 Å². The smallest absolute Gasteiger partial charge is 0.238 e. The molecule has 2 rings (SSSR count). The van der Waals surface area contributed by atoms with Gasteiger partial charge in [-0.05, 0) is 44.0 Å². The van der Waals surface area contributed by atoms with E-state index in [-0.39, 0.29) is 24.3 Å². The Balaban J connectivity index is 1.95. The van der Waals surface area contributed by atoms with Crippen LogP contribution in [0.25, 0.3) is 0 Å². The van der Waals surface area contributed by atoms with Crippen LogP contribution in [0.4, 0.5) is 5.69 Å². The van der Waals surface area contributed by atoms with Crippen LogP contribution in [0.5, 0.6) is 5.75 Å². The molecule has 1 aromatic rings. The maximum absolute atomic E-state index is 12.2. The highest BCUT2D eigenvalue weighted by atomic mass is 16.5. The Kier molecular flexibility index (Phi) is 5.38. The van der Waals surface area contributed by atoms with E-state index in [9.17, 15) is 9.59 Å². The number of benzene rings is 1. The molecule has 1 heterocycles. The number of piperidine rings is 1. The molecule has 2 amide bonds. The minimum atomic E-state index is -0.287. The van der Waals surface area contributed by atoms with Crippen LogP contribution in [0.3, 0.4) is 0 Å². The van der Waals surface area contributed by atoms with E-state index in [0.29, 0.717) is 18.0 Å². The number of nitrogens with one attached hydrogen (secondary N) is 1. The molecule has 0 aromatic heterocycles. The van der Waals surface area contributed by atoms with Gasteiger partial charge in [-0.3, -0.25) is 14.5 Å². The third kappa shape index (κ3) is 4.21. The fraction of sp³-hybridized carbons (Fsp3) is 0.500. The van der Waals surface area contributed by atoms with E-state index in [1.807, 2.05) is 30.0 Å². The van der Waals surface area contributed by atoms with E-state index >= 15 is 0 Å². The van der Waals surface area contributed by atoms with Crippen molar-refractivity contribution in [3.05, 3.63) is 23.8 Å². The van der Waals surface area contributed by atoms with Gasteiger partial charge < -0.3 is 15.8 Å². The third-order valence-corrected chi connectivity index (χ3v) is 3.90. The van der Waals surface area contributed by atoms with Gasteiger partial charge in [0.2, 0.25) is 11.8 Å². The van der Waals surface area contributed by atoms with Crippen molar-refractivity contribution in [1.29, 1.82) is 0 Å². The van der Waals surface area contributed by atoms with Gasteiger partial charge in [0.15, 0.2) is 0 Å². The summed E-state index contributed by atoms with van der Waals surface area (Å²) in [4.78, 5) is 25.5. The van der Waals surface area contributed by atoms with Crippen molar-refractivity contribution < 1.29 is 14.3 Å². The molecule has 0 unspecified atom stereocenters. The Morgan fingerprint density at radius 3 is 2.91 bits per heavy atom. The number of carbonyl (C=O) groups excluding carboxylic acids is 2. The zero-order valence-corrected chi connectivity index (χ0v) is 13.1. The lowest BCUT2D eigenvalue weighted by Gasteiger charge is -2.30. The molecule has 6 heteroatoms. The molecule has 6 nitrogen and oxygen atoms in total. The first kappa shape index (κ1) is 16.3. The second-order valence-corrected chi connectivity index (χ2v) is 5.73. The summed E-state index contributed by atoms with van der Waals surface area (Å²) in [5, 5.41) is 2.87. The predicted molar refractivity (Wildman–Crippen MR) is 84.7 cm³/mol. The average Bonchev–Trinajstić information content (AvgIpc) is 2.47. The van der Waals surface area contributed by atoms with Crippen molar-refractivity contribution in [1.82, 2.24) is 4.90 Å². The van der Waals surface area contributed by atoms with E-state index in [2.05, 4.69) is 5.32 Å². The standard InChI is InChI=1S/C16H23N3O3/c1-11-5-6-14(22-2)13(8-11)18-15(20)10-19-7-3-4-12(9-19)16(17)21/h5-6,8,12H,3-4,7,9-10H2,1-2H3,(H2,17,21)(H,18,20)/t12-/m0/s1. The summed E-state index contributed by atoms with van der Waals surface area (Å²) in [6, 6.07) is 5.63. The second kappa shape index (κ2) is 7.26. The van der Waals surface area contributed by atoms with Crippen LogP contribution in [0, 0.1) is 12.8 Å². The Bertz CT molecular complexity index is 560. The van der Waals surface area contributed by atoms with Gasteiger partial charge in [-0.25, -0.2) is 0 Å². The van der Waals surface area contributed by atoms with Crippen molar-refractivity contribution >= 4 is 17.5 Å². The number of amides is 2. The number of nitrogens with two attached hydrogens (primary N) is 1. The number of rotatable bonds is 5. The van der Waals surface area contributed by atoms with Crippen molar-refractivity contribution in [2.45, 2.75) is 19.8 Å². The molecule has 0 saturated carbocycles. The zero-order chi connectivity index (χ0) is 16.1. The summed E-state index contributed by atoms with van der Waals surface area (Å²) in [6.45, 7) is 3.56. The second-order valence-electron chi connectivity index (χ2n) is 5.73. The van der Waals surface area contributed by atoms with Crippen LogP contribution in [0.2, 0.25) is 0 Å².